The fourth-order valence-electron chi connectivity index (χ4n) is 5.39. The SMILES string of the molecule is Cn1c(=O)n(CCC(C)(C)O)c2cc(Nc3nc(N4CC5CCC4CC(F)(F)C5)ncc3Cl)ccc21. The zero-order chi connectivity index (χ0) is 25.8. The van der Waals surface area contributed by atoms with Crippen molar-refractivity contribution in [3.63, 3.8) is 0 Å². The number of piperidine rings is 1. The van der Waals surface area contributed by atoms with Crippen LogP contribution in [0.15, 0.2) is 29.2 Å². The average Bonchev–Trinajstić information content (AvgIpc) is 2.90. The maximum atomic E-state index is 14.3. The van der Waals surface area contributed by atoms with E-state index in [1.165, 1.54) is 6.20 Å². The van der Waals surface area contributed by atoms with Gasteiger partial charge in [-0.05, 0) is 57.2 Å². The van der Waals surface area contributed by atoms with Gasteiger partial charge in [0.15, 0.2) is 5.82 Å². The predicted octanol–water partition coefficient (Wildman–Crippen LogP) is 4.70. The normalized spacial score (nSPS) is 21.7. The van der Waals surface area contributed by atoms with E-state index in [9.17, 15) is 18.7 Å². The number of alkyl halides is 2. The van der Waals surface area contributed by atoms with Crippen LogP contribution in [-0.4, -0.2) is 48.3 Å². The standard InChI is InChI=1S/C25H31ClF2N6O2/c1-24(2,36)8-9-33-20-10-16(5-7-19(20)32(3)23(33)35)30-21-18(26)13-29-22(31-21)34-14-15-4-6-17(34)12-25(27,28)11-15/h5,7,10,13,15,17,36H,4,6,8-9,11-12,14H2,1-3H3,(H,29,30,31). The molecule has 4 heterocycles. The summed E-state index contributed by atoms with van der Waals surface area (Å²) in [4.78, 5) is 23.7. The van der Waals surface area contributed by atoms with E-state index in [0.717, 1.165) is 11.9 Å². The number of halogens is 3. The molecule has 0 radical (unpaired) electrons. The van der Waals surface area contributed by atoms with Crippen molar-refractivity contribution in [2.24, 2.45) is 13.0 Å². The first kappa shape index (κ1) is 25.0. The van der Waals surface area contributed by atoms with Crippen molar-refractivity contribution in [3.05, 3.63) is 39.9 Å². The Kier molecular flexibility index (Phi) is 6.23. The molecule has 11 heteroatoms. The number of nitrogens with zero attached hydrogens (tertiary/aromatic N) is 5. The molecule has 2 aliphatic heterocycles. The molecule has 1 aliphatic carbocycles. The number of aryl methyl sites for hydroxylation is 2. The molecule has 0 spiro atoms. The molecule has 3 fully saturated rings. The van der Waals surface area contributed by atoms with Crippen LogP contribution >= 0.6 is 11.6 Å². The first-order valence-corrected chi connectivity index (χ1v) is 12.6. The maximum absolute atomic E-state index is 14.3. The molecule has 3 aliphatic rings. The van der Waals surface area contributed by atoms with Crippen molar-refractivity contribution in [3.8, 4) is 0 Å². The van der Waals surface area contributed by atoms with Gasteiger partial charge in [0.1, 0.15) is 5.02 Å². The molecule has 2 unspecified atom stereocenters. The van der Waals surface area contributed by atoms with Crippen LogP contribution in [0.2, 0.25) is 5.02 Å². The van der Waals surface area contributed by atoms with Crippen LogP contribution in [0.4, 0.5) is 26.2 Å². The molecule has 0 amide bonds. The number of anilines is 3. The molecular weight excluding hydrogens is 490 g/mol. The number of fused-ring (bicyclic) bond motifs is 5. The van der Waals surface area contributed by atoms with Gasteiger partial charge in [-0.25, -0.2) is 18.6 Å². The Bertz CT molecular complexity index is 1350. The fraction of sp³-hybridized carbons (Fsp3) is 0.560. The monoisotopic (exact) mass is 520 g/mol. The number of hydrogen-bond acceptors (Lipinski definition) is 6. The Labute approximate surface area is 212 Å². The van der Waals surface area contributed by atoms with Crippen molar-refractivity contribution in [1.29, 1.82) is 0 Å². The highest BCUT2D eigenvalue weighted by atomic mass is 35.5. The number of aliphatic hydroxyl groups is 1. The van der Waals surface area contributed by atoms with E-state index in [1.54, 1.807) is 30.0 Å². The summed E-state index contributed by atoms with van der Waals surface area (Å²) in [7, 11) is 1.71. The van der Waals surface area contributed by atoms with Crippen molar-refractivity contribution in [2.75, 3.05) is 16.8 Å². The lowest BCUT2D eigenvalue weighted by atomic mass is 9.95. The number of benzene rings is 1. The van der Waals surface area contributed by atoms with Gasteiger partial charge in [0.25, 0.3) is 0 Å². The van der Waals surface area contributed by atoms with Gasteiger partial charge in [0.2, 0.25) is 11.9 Å². The van der Waals surface area contributed by atoms with Crippen LogP contribution in [0, 0.1) is 5.92 Å². The molecule has 2 saturated heterocycles. The fourth-order valence-corrected chi connectivity index (χ4v) is 5.53. The van der Waals surface area contributed by atoms with Gasteiger partial charge in [0.05, 0.1) is 22.8 Å². The van der Waals surface area contributed by atoms with Crippen molar-refractivity contribution >= 4 is 40.1 Å². The number of aromatic nitrogens is 4. The number of nitrogens with one attached hydrogen (secondary N) is 1. The lowest BCUT2D eigenvalue weighted by molar-refractivity contribution is -0.0207. The molecule has 2 aromatic heterocycles. The highest BCUT2D eigenvalue weighted by Gasteiger charge is 2.45. The molecule has 1 saturated carbocycles. The van der Waals surface area contributed by atoms with Crippen molar-refractivity contribution in [2.45, 2.75) is 70.1 Å². The number of imidazole rings is 1. The molecular formula is C25H31ClF2N6O2. The molecule has 194 valence electrons. The first-order chi connectivity index (χ1) is 16.9. The van der Waals surface area contributed by atoms with E-state index in [2.05, 4.69) is 15.3 Å². The van der Waals surface area contributed by atoms with Crippen molar-refractivity contribution in [1.82, 2.24) is 19.1 Å². The topological polar surface area (TPSA) is 88.2 Å². The Balaban J connectivity index is 1.44. The van der Waals surface area contributed by atoms with Gasteiger partial charge >= 0.3 is 5.69 Å². The smallest absolute Gasteiger partial charge is 0.328 e. The van der Waals surface area contributed by atoms with Gasteiger partial charge in [-0.3, -0.25) is 9.13 Å². The lowest BCUT2D eigenvalue weighted by Crippen LogP contribution is -2.42. The summed E-state index contributed by atoms with van der Waals surface area (Å²) in [6.45, 7) is 4.29. The van der Waals surface area contributed by atoms with Gasteiger partial charge < -0.3 is 15.3 Å². The molecule has 8 nitrogen and oxygen atoms in total. The van der Waals surface area contributed by atoms with Crippen LogP contribution in [0.1, 0.15) is 46.0 Å². The molecule has 2 bridgehead atoms. The second kappa shape index (κ2) is 8.99. The largest absolute Gasteiger partial charge is 0.390 e. The quantitative estimate of drug-likeness (QED) is 0.490. The van der Waals surface area contributed by atoms with Crippen molar-refractivity contribution < 1.29 is 13.9 Å². The highest BCUT2D eigenvalue weighted by molar-refractivity contribution is 6.32. The Morgan fingerprint density at radius 2 is 2.03 bits per heavy atom. The zero-order valence-electron chi connectivity index (χ0n) is 20.6. The summed E-state index contributed by atoms with van der Waals surface area (Å²) in [6.07, 6.45) is 3.12. The minimum Gasteiger partial charge on any atom is -0.390 e. The van der Waals surface area contributed by atoms with E-state index < -0.39 is 11.5 Å². The van der Waals surface area contributed by atoms with E-state index in [0.29, 0.717) is 53.9 Å². The maximum Gasteiger partial charge on any atom is 0.328 e. The second-order valence-electron chi connectivity index (χ2n) is 10.8. The van der Waals surface area contributed by atoms with Crippen LogP contribution in [0.25, 0.3) is 11.0 Å². The summed E-state index contributed by atoms with van der Waals surface area (Å²) in [5.41, 5.74) is 1.08. The van der Waals surface area contributed by atoms with Crippen LogP contribution in [0.5, 0.6) is 0 Å². The number of hydrogen-bond donors (Lipinski definition) is 2. The minimum absolute atomic E-state index is 0.0874. The third-order valence-corrected chi connectivity index (χ3v) is 7.55. The minimum atomic E-state index is -2.67. The third-order valence-electron chi connectivity index (χ3n) is 7.27. The summed E-state index contributed by atoms with van der Waals surface area (Å²) in [5.74, 6) is -2.00. The summed E-state index contributed by atoms with van der Waals surface area (Å²) in [6, 6.07) is 5.20. The Morgan fingerprint density at radius 1 is 1.25 bits per heavy atom. The van der Waals surface area contributed by atoms with E-state index in [1.807, 2.05) is 23.1 Å². The average molecular weight is 521 g/mol. The molecule has 1 aromatic carbocycles. The van der Waals surface area contributed by atoms with Crippen LogP contribution < -0.4 is 15.9 Å². The third kappa shape index (κ3) is 4.93. The molecule has 6 rings (SSSR count). The van der Waals surface area contributed by atoms with Crippen LogP contribution in [0.3, 0.4) is 0 Å². The molecule has 36 heavy (non-hydrogen) atoms. The molecule has 3 aromatic rings. The Hall–Kier alpha value is -2.72. The number of rotatable bonds is 6. The molecule has 2 N–H and O–H groups in total. The lowest BCUT2D eigenvalue weighted by Gasteiger charge is -2.36. The van der Waals surface area contributed by atoms with Gasteiger partial charge in [-0.1, -0.05) is 11.6 Å². The zero-order valence-corrected chi connectivity index (χ0v) is 21.4. The van der Waals surface area contributed by atoms with Gasteiger partial charge in [0, 0.05) is 44.7 Å². The summed E-state index contributed by atoms with van der Waals surface area (Å²) in [5, 5.41) is 13.7. The summed E-state index contributed by atoms with van der Waals surface area (Å²) >= 11 is 6.41. The van der Waals surface area contributed by atoms with E-state index in [4.69, 9.17) is 11.6 Å². The Morgan fingerprint density at radius 3 is 2.78 bits per heavy atom. The second-order valence-corrected chi connectivity index (χ2v) is 11.2. The summed E-state index contributed by atoms with van der Waals surface area (Å²) < 4.78 is 31.8. The van der Waals surface area contributed by atoms with Gasteiger partial charge in [-0.2, -0.15) is 4.98 Å². The highest BCUT2D eigenvalue weighted by Crippen LogP contribution is 2.43. The first-order valence-electron chi connectivity index (χ1n) is 12.3. The van der Waals surface area contributed by atoms with E-state index >= 15 is 0 Å². The predicted molar refractivity (Wildman–Crippen MR) is 136 cm³/mol. The molecule has 2 atom stereocenters. The van der Waals surface area contributed by atoms with E-state index in [-0.39, 0.29) is 30.5 Å². The van der Waals surface area contributed by atoms with Gasteiger partial charge in [-0.15, -0.1) is 0 Å². The van der Waals surface area contributed by atoms with Crippen LogP contribution in [-0.2, 0) is 13.6 Å².